The van der Waals surface area contributed by atoms with Crippen molar-refractivity contribution in [2.75, 3.05) is 11.9 Å². The summed E-state index contributed by atoms with van der Waals surface area (Å²) in [5.74, 6) is 0.692. The first kappa shape index (κ1) is 23.1. The van der Waals surface area contributed by atoms with Gasteiger partial charge in [0, 0.05) is 41.8 Å². The van der Waals surface area contributed by atoms with Gasteiger partial charge in [-0.3, -0.25) is 4.68 Å². The highest BCUT2D eigenvalue weighted by atomic mass is 19.1. The Morgan fingerprint density at radius 3 is 2.77 bits per heavy atom. The van der Waals surface area contributed by atoms with Crippen LogP contribution in [-0.2, 0) is 0 Å². The number of nitrogens with two attached hydrogens (primary N) is 1. The lowest BCUT2D eigenvalue weighted by atomic mass is 9.86. The van der Waals surface area contributed by atoms with Crippen LogP contribution in [0.2, 0.25) is 0 Å². The van der Waals surface area contributed by atoms with Crippen molar-refractivity contribution < 1.29 is 4.39 Å². The van der Waals surface area contributed by atoms with E-state index in [1.54, 1.807) is 6.07 Å². The van der Waals surface area contributed by atoms with Crippen LogP contribution in [0.4, 0.5) is 10.2 Å². The molecule has 2 aromatic heterocycles. The highest BCUT2D eigenvalue weighted by molar-refractivity contribution is 5.81. The maximum atomic E-state index is 14.5. The number of nitrogens with one attached hydrogen (secondary N) is 1. The molecule has 1 fully saturated rings. The molecule has 1 aliphatic carbocycles. The zero-order valence-electron chi connectivity index (χ0n) is 20.1. The minimum Gasteiger partial charge on any atom is -0.368 e. The van der Waals surface area contributed by atoms with Crippen molar-refractivity contribution in [1.29, 1.82) is 5.26 Å². The average molecular weight is 472 g/mol. The Labute approximate surface area is 204 Å². The Balaban J connectivity index is 1.52. The van der Waals surface area contributed by atoms with E-state index in [2.05, 4.69) is 24.3 Å². The maximum absolute atomic E-state index is 14.5. The van der Waals surface area contributed by atoms with Crippen LogP contribution in [0.15, 0.2) is 48.7 Å². The summed E-state index contributed by atoms with van der Waals surface area (Å²) in [6.45, 7) is 4.98. The fraction of sp³-hybridized carbons (Fsp3) is 0.370. The van der Waals surface area contributed by atoms with E-state index >= 15 is 0 Å². The first-order valence-electron chi connectivity index (χ1n) is 12.2. The van der Waals surface area contributed by atoms with Gasteiger partial charge in [-0.25, -0.2) is 9.07 Å². The number of nitrogens with zero attached hydrogens (tertiary/aromatic N) is 5. The number of hydrogen-bond acceptors (Lipinski definition) is 5. The number of anilines is 1. The third kappa shape index (κ3) is 4.77. The lowest BCUT2D eigenvalue weighted by Crippen LogP contribution is -2.31. The average Bonchev–Trinajstić information content (AvgIpc) is 3.47. The molecule has 35 heavy (non-hydrogen) atoms. The van der Waals surface area contributed by atoms with Gasteiger partial charge in [0.2, 0.25) is 0 Å². The predicted octanol–water partition coefficient (Wildman–Crippen LogP) is 5.41. The summed E-state index contributed by atoms with van der Waals surface area (Å²) in [6, 6.07) is 15.0. The molecule has 2 heterocycles. The molecule has 3 N–H and O–H groups in total. The number of halogens is 1. The Hall–Kier alpha value is -3.70. The van der Waals surface area contributed by atoms with Crippen molar-refractivity contribution in [1.82, 2.24) is 19.6 Å². The largest absolute Gasteiger partial charge is 0.368 e. The number of fused-ring (bicyclic) bond motifs is 1. The minimum absolute atomic E-state index is 0.0225. The third-order valence-electron chi connectivity index (χ3n) is 6.77. The van der Waals surface area contributed by atoms with Crippen LogP contribution in [0.5, 0.6) is 0 Å². The van der Waals surface area contributed by atoms with E-state index in [0.29, 0.717) is 11.5 Å². The Morgan fingerprint density at radius 1 is 1.17 bits per heavy atom. The molecule has 8 heteroatoms. The van der Waals surface area contributed by atoms with Crippen LogP contribution in [0.25, 0.3) is 27.8 Å². The van der Waals surface area contributed by atoms with Gasteiger partial charge in [-0.15, -0.1) is 5.10 Å². The van der Waals surface area contributed by atoms with E-state index in [-0.39, 0.29) is 17.6 Å². The first-order chi connectivity index (χ1) is 16.9. The third-order valence-corrected chi connectivity index (χ3v) is 6.77. The van der Waals surface area contributed by atoms with Gasteiger partial charge >= 0.3 is 0 Å². The fourth-order valence-electron chi connectivity index (χ4n) is 4.83. The number of rotatable bonds is 6. The lowest BCUT2D eigenvalue weighted by molar-refractivity contribution is 0.335. The standard InChI is InChI=1S/C27H30FN7/c1-17(2)34-16-21-11-23(8-9-25(21)32-34)35-26(19-6-7-20(14-29)24(28)12-19)13-27(33-35)31-15-18-4-3-5-22(30)10-18/h6-9,11-13,16-18,22H,3-5,10,15,30H2,1-2H3,(H,31,33)/t18?,22-/m1/s1. The van der Waals surface area contributed by atoms with E-state index in [0.717, 1.165) is 60.3 Å². The smallest absolute Gasteiger partial charge is 0.149 e. The van der Waals surface area contributed by atoms with E-state index in [4.69, 9.17) is 16.1 Å². The zero-order chi connectivity index (χ0) is 24.5. The molecule has 0 saturated heterocycles. The molecule has 4 aromatic rings. The highest BCUT2D eigenvalue weighted by Crippen LogP contribution is 2.30. The van der Waals surface area contributed by atoms with Crippen molar-refractivity contribution >= 4 is 16.7 Å². The molecule has 0 amide bonds. The van der Waals surface area contributed by atoms with Crippen LogP contribution >= 0.6 is 0 Å². The molecule has 2 atom stereocenters. The van der Waals surface area contributed by atoms with Crippen molar-refractivity contribution in [2.45, 2.75) is 51.6 Å². The second-order valence-corrected chi connectivity index (χ2v) is 9.75. The Kier molecular flexibility index (Phi) is 6.27. The van der Waals surface area contributed by atoms with E-state index < -0.39 is 5.82 Å². The van der Waals surface area contributed by atoms with Crippen LogP contribution < -0.4 is 11.1 Å². The second-order valence-electron chi connectivity index (χ2n) is 9.75. The van der Waals surface area contributed by atoms with Crippen molar-refractivity contribution in [3.05, 3.63) is 60.0 Å². The summed E-state index contributed by atoms with van der Waals surface area (Å²) in [7, 11) is 0. The zero-order valence-corrected chi connectivity index (χ0v) is 20.1. The Morgan fingerprint density at radius 2 is 2.03 bits per heavy atom. The van der Waals surface area contributed by atoms with Gasteiger partial charge in [0.15, 0.2) is 0 Å². The number of aromatic nitrogens is 4. The molecule has 180 valence electrons. The molecule has 0 bridgehead atoms. The monoisotopic (exact) mass is 471 g/mol. The van der Waals surface area contributed by atoms with Gasteiger partial charge in [0.05, 0.1) is 22.5 Å². The van der Waals surface area contributed by atoms with E-state index in [9.17, 15) is 4.39 Å². The second kappa shape index (κ2) is 9.51. The molecular formula is C27H30FN7. The summed E-state index contributed by atoms with van der Waals surface area (Å²) in [5, 5.41) is 23.1. The summed E-state index contributed by atoms with van der Waals surface area (Å²) in [5.41, 5.74) is 9.35. The van der Waals surface area contributed by atoms with Gasteiger partial charge < -0.3 is 11.1 Å². The molecule has 1 saturated carbocycles. The van der Waals surface area contributed by atoms with Gasteiger partial charge in [-0.05, 0) is 69.4 Å². The molecule has 0 spiro atoms. The topological polar surface area (TPSA) is 97.5 Å². The summed E-state index contributed by atoms with van der Waals surface area (Å²) in [4.78, 5) is 0. The minimum atomic E-state index is -0.544. The predicted molar refractivity (Wildman–Crippen MR) is 136 cm³/mol. The summed E-state index contributed by atoms with van der Waals surface area (Å²) in [6.07, 6.45) is 6.44. The summed E-state index contributed by atoms with van der Waals surface area (Å²) < 4.78 is 18.3. The van der Waals surface area contributed by atoms with Gasteiger partial charge in [0.1, 0.15) is 17.7 Å². The molecule has 0 aliphatic heterocycles. The van der Waals surface area contributed by atoms with Crippen LogP contribution in [0.1, 0.15) is 51.1 Å². The Bertz CT molecular complexity index is 1390. The van der Waals surface area contributed by atoms with Crippen molar-refractivity contribution in [3.63, 3.8) is 0 Å². The number of benzene rings is 2. The van der Waals surface area contributed by atoms with Crippen molar-refractivity contribution in [3.8, 4) is 23.0 Å². The SMILES string of the molecule is CC(C)n1cc2cc(-n3nc(NCC4CCC[C@@H](N)C4)cc3-c3ccc(C#N)c(F)c3)ccc2n1. The molecule has 0 radical (unpaired) electrons. The van der Waals surface area contributed by atoms with Crippen LogP contribution in [0, 0.1) is 23.1 Å². The molecule has 1 aliphatic rings. The maximum Gasteiger partial charge on any atom is 0.149 e. The molecule has 5 rings (SSSR count). The highest BCUT2D eigenvalue weighted by Gasteiger charge is 2.20. The normalized spacial score (nSPS) is 18.2. The number of hydrogen-bond donors (Lipinski definition) is 2. The molecular weight excluding hydrogens is 441 g/mol. The van der Waals surface area contributed by atoms with Crippen LogP contribution in [-0.4, -0.2) is 32.1 Å². The van der Waals surface area contributed by atoms with Gasteiger partial charge in [0.25, 0.3) is 0 Å². The number of nitriles is 1. The fourth-order valence-corrected chi connectivity index (χ4v) is 4.83. The first-order valence-corrected chi connectivity index (χ1v) is 12.2. The quantitative estimate of drug-likeness (QED) is 0.392. The van der Waals surface area contributed by atoms with Gasteiger partial charge in [-0.1, -0.05) is 12.5 Å². The van der Waals surface area contributed by atoms with Crippen molar-refractivity contribution in [2.24, 2.45) is 11.7 Å². The molecule has 1 unspecified atom stereocenters. The van der Waals surface area contributed by atoms with E-state index in [1.807, 2.05) is 45.9 Å². The van der Waals surface area contributed by atoms with E-state index in [1.165, 1.54) is 12.1 Å². The van der Waals surface area contributed by atoms with Crippen LogP contribution in [0.3, 0.4) is 0 Å². The van der Waals surface area contributed by atoms with Gasteiger partial charge in [-0.2, -0.15) is 10.4 Å². The molecule has 7 nitrogen and oxygen atoms in total. The summed E-state index contributed by atoms with van der Waals surface area (Å²) >= 11 is 0. The molecule has 2 aromatic carbocycles. The lowest BCUT2D eigenvalue weighted by Gasteiger charge is -2.26.